The maximum Gasteiger partial charge on any atom is 0.310 e. The quantitative estimate of drug-likeness (QED) is 0.832. The molecule has 0 saturated heterocycles. The van der Waals surface area contributed by atoms with Gasteiger partial charge in [0.2, 0.25) is 0 Å². The lowest BCUT2D eigenvalue weighted by Crippen LogP contribution is -2.10. The number of phenolic OH excluding ortho intramolecular Hbond substituents is 1. The second-order valence-electron chi connectivity index (χ2n) is 6.84. The number of rotatable bonds is 3. The first kappa shape index (κ1) is 20.0. The van der Waals surface area contributed by atoms with Crippen LogP contribution in [0.15, 0.2) is 24.3 Å². The summed E-state index contributed by atoms with van der Waals surface area (Å²) in [5.41, 5.74) is 2.17. The van der Waals surface area contributed by atoms with E-state index in [-0.39, 0.29) is 18.1 Å². The summed E-state index contributed by atoms with van der Waals surface area (Å²) in [5, 5.41) is 20.7. The minimum atomic E-state index is -0.500. The number of hydrogen-bond acceptors (Lipinski definition) is 4. The van der Waals surface area contributed by atoms with Crippen molar-refractivity contribution in [1.29, 1.82) is 0 Å². The molecule has 0 aromatic heterocycles. The van der Waals surface area contributed by atoms with E-state index >= 15 is 0 Å². The highest BCUT2D eigenvalue weighted by Gasteiger charge is 2.15. The third kappa shape index (κ3) is 5.85. The molecule has 0 aliphatic heterocycles. The summed E-state index contributed by atoms with van der Waals surface area (Å²) < 4.78 is 4.94. The van der Waals surface area contributed by atoms with Gasteiger partial charge in [-0.1, -0.05) is 24.3 Å². The van der Waals surface area contributed by atoms with Gasteiger partial charge in [-0.15, -0.1) is 0 Å². The summed E-state index contributed by atoms with van der Waals surface area (Å²) in [7, 11) is 0. The Bertz CT molecular complexity index is 706. The number of carbonyl (C=O) groups is 1. The van der Waals surface area contributed by atoms with Crippen molar-refractivity contribution < 1.29 is 19.7 Å². The van der Waals surface area contributed by atoms with E-state index in [4.69, 9.17) is 9.84 Å². The summed E-state index contributed by atoms with van der Waals surface area (Å²) in [6, 6.07) is 7.79. The molecule has 0 bridgehead atoms. The lowest BCUT2D eigenvalue weighted by atomic mass is 9.96. The zero-order chi connectivity index (χ0) is 18.5. The average Bonchev–Trinajstić information content (AvgIpc) is 2.43. The molecule has 0 fully saturated rings. The number of carbonyl (C=O) groups excluding carboxylic acids is 1. The molecule has 0 aliphatic rings. The van der Waals surface area contributed by atoms with Crippen LogP contribution in [0, 0.1) is 13.8 Å². The predicted molar refractivity (Wildman–Crippen MR) is 97.4 cm³/mol. The predicted octanol–water partition coefficient (Wildman–Crippen LogP) is 4.05. The van der Waals surface area contributed by atoms with Crippen LogP contribution >= 0.6 is 0 Å². The van der Waals surface area contributed by atoms with Gasteiger partial charge in [0.25, 0.3) is 0 Å². The van der Waals surface area contributed by atoms with Crippen molar-refractivity contribution in [3.05, 3.63) is 41.0 Å². The van der Waals surface area contributed by atoms with E-state index in [1.165, 1.54) is 0 Å². The first-order chi connectivity index (χ1) is 11.0. The van der Waals surface area contributed by atoms with E-state index in [0.717, 1.165) is 21.9 Å². The second kappa shape index (κ2) is 8.15. The van der Waals surface area contributed by atoms with Crippen LogP contribution in [0.4, 0.5) is 0 Å². The number of ether oxygens (including phenoxy) is 1. The van der Waals surface area contributed by atoms with Gasteiger partial charge >= 0.3 is 5.97 Å². The molecule has 2 aromatic rings. The van der Waals surface area contributed by atoms with Gasteiger partial charge in [-0.25, -0.2) is 0 Å². The second-order valence-corrected chi connectivity index (χ2v) is 6.84. The Balaban J connectivity index is 0.000000505. The van der Waals surface area contributed by atoms with Crippen LogP contribution < -0.4 is 0 Å². The van der Waals surface area contributed by atoms with Gasteiger partial charge < -0.3 is 14.9 Å². The van der Waals surface area contributed by atoms with E-state index < -0.39 is 5.60 Å². The van der Waals surface area contributed by atoms with Gasteiger partial charge in [0.05, 0.1) is 18.6 Å². The van der Waals surface area contributed by atoms with Crippen molar-refractivity contribution >= 4 is 16.7 Å². The number of fused-ring (bicyclic) bond motifs is 1. The smallest absolute Gasteiger partial charge is 0.310 e. The zero-order valence-corrected chi connectivity index (χ0v) is 15.4. The molecule has 0 saturated carbocycles. The van der Waals surface area contributed by atoms with E-state index in [0.29, 0.717) is 12.2 Å². The Morgan fingerprint density at radius 1 is 1.12 bits per heavy atom. The first-order valence-corrected chi connectivity index (χ1v) is 8.13. The average molecular weight is 332 g/mol. The lowest BCUT2D eigenvalue weighted by molar-refractivity contribution is -0.142. The van der Waals surface area contributed by atoms with E-state index in [1.807, 2.05) is 38.1 Å². The lowest BCUT2D eigenvalue weighted by Gasteiger charge is -2.12. The van der Waals surface area contributed by atoms with Gasteiger partial charge in [-0.3, -0.25) is 4.79 Å². The van der Waals surface area contributed by atoms with Gasteiger partial charge in [-0.05, 0) is 58.1 Å². The molecule has 4 heteroatoms. The van der Waals surface area contributed by atoms with E-state index in [1.54, 1.807) is 27.7 Å². The Morgan fingerprint density at radius 3 is 2.25 bits per heavy atom. The highest BCUT2D eigenvalue weighted by molar-refractivity contribution is 5.93. The number of aryl methyl sites for hydroxylation is 2. The van der Waals surface area contributed by atoms with Crippen LogP contribution in [0.25, 0.3) is 10.8 Å². The number of phenols is 1. The van der Waals surface area contributed by atoms with Crippen LogP contribution in [-0.2, 0) is 16.0 Å². The van der Waals surface area contributed by atoms with Crippen molar-refractivity contribution in [3.63, 3.8) is 0 Å². The fourth-order valence-electron chi connectivity index (χ4n) is 2.31. The number of aromatic hydroxyl groups is 1. The molecule has 4 nitrogen and oxygen atoms in total. The van der Waals surface area contributed by atoms with Crippen LogP contribution in [-0.4, -0.2) is 28.4 Å². The standard InChI is InChI=1S/C16H18O3.C4H10O/c1-4-19-15(17)9-14-11(3)8-13-10(2)6-5-7-12(13)16(14)18;1-4(2,3)5/h5-8,18H,4,9H2,1-3H3;5H,1-3H3. The summed E-state index contributed by atoms with van der Waals surface area (Å²) in [4.78, 5) is 11.6. The Kier molecular flexibility index (Phi) is 6.79. The number of esters is 1. The van der Waals surface area contributed by atoms with Crippen molar-refractivity contribution in [3.8, 4) is 5.75 Å². The Labute approximate surface area is 144 Å². The molecule has 0 heterocycles. The molecule has 0 amide bonds. The topological polar surface area (TPSA) is 66.8 Å². The summed E-state index contributed by atoms with van der Waals surface area (Å²) in [6.45, 7) is 11.3. The molecule has 2 N–H and O–H groups in total. The number of hydrogen-bond donors (Lipinski definition) is 2. The van der Waals surface area contributed by atoms with Crippen LogP contribution in [0.3, 0.4) is 0 Å². The highest BCUT2D eigenvalue weighted by atomic mass is 16.5. The minimum absolute atomic E-state index is 0.107. The fraction of sp³-hybridized carbons (Fsp3) is 0.450. The molecular formula is C20H28O4. The summed E-state index contributed by atoms with van der Waals surface area (Å²) >= 11 is 0. The molecule has 132 valence electrons. The molecule has 0 spiro atoms. The SMILES string of the molecule is CC(C)(C)O.CCOC(=O)Cc1c(C)cc2c(C)cccc2c1O. The monoisotopic (exact) mass is 332 g/mol. The largest absolute Gasteiger partial charge is 0.507 e. The van der Waals surface area contributed by atoms with Crippen LogP contribution in [0.1, 0.15) is 44.4 Å². The van der Waals surface area contributed by atoms with Gasteiger partial charge in [-0.2, -0.15) is 0 Å². The molecule has 0 atom stereocenters. The number of benzene rings is 2. The molecule has 0 unspecified atom stereocenters. The van der Waals surface area contributed by atoms with Crippen molar-refractivity contribution in [2.75, 3.05) is 6.61 Å². The van der Waals surface area contributed by atoms with E-state index in [9.17, 15) is 9.90 Å². The molecule has 2 rings (SSSR count). The molecule has 24 heavy (non-hydrogen) atoms. The summed E-state index contributed by atoms with van der Waals surface area (Å²) in [6.07, 6.45) is 0.107. The van der Waals surface area contributed by atoms with Crippen LogP contribution in [0.2, 0.25) is 0 Å². The highest BCUT2D eigenvalue weighted by Crippen LogP contribution is 2.33. The molecule has 0 radical (unpaired) electrons. The summed E-state index contributed by atoms with van der Waals surface area (Å²) in [5.74, 6) is -0.125. The number of aliphatic hydroxyl groups is 1. The molecule has 2 aromatic carbocycles. The Hall–Kier alpha value is -2.07. The van der Waals surface area contributed by atoms with Gasteiger partial charge in [0, 0.05) is 10.9 Å². The van der Waals surface area contributed by atoms with E-state index in [2.05, 4.69) is 0 Å². The third-order valence-electron chi connectivity index (χ3n) is 3.33. The minimum Gasteiger partial charge on any atom is -0.507 e. The zero-order valence-electron chi connectivity index (χ0n) is 15.4. The van der Waals surface area contributed by atoms with Crippen molar-refractivity contribution in [1.82, 2.24) is 0 Å². The molecular weight excluding hydrogens is 304 g/mol. The van der Waals surface area contributed by atoms with Crippen LogP contribution in [0.5, 0.6) is 5.75 Å². The van der Waals surface area contributed by atoms with Crippen molar-refractivity contribution in [2.45, 2.75) is 53.6 Å². The van der Waals surface area contributed by atoms with Crippen molar-refractivity contribution in [2.24, 2.45) is 0 Å². The van der Waals surface area contributed by atoms with Gasteiger partial charge in [0.1, 0.15) is 5.75 Å². The maximum absolute atomic E-state index is 11.6. The third-order valence-corrected chi connectivity index (χ3v) is 3.33. The first-order valence-electron chi connectivity index (χ1n) is 8.13. The van der Waals surface area contributed by atoms with Gasteiger partial charge in [0.15, 0.2) is 0 Å². The molecule has 0 aliphatic carbocycles. The normalized spacial score (nSPS) is 11.0. The Morgan fingerprint density at radius 2 is 1.71 bits per heavy atom. The fourth-order valence-corrected chi connectivity index (χ4v) is 2.31. The maximum atomic E-state index is 11.6.